The van der Waals surface area contributed by atoms with Gasteiger partial charge < -0.3 is 13.9 Å². The fourth-order valence-corrected chi connectivity index (χ4v) is 3.87. The van der Waals surface area contributed by atoms with Crippen LogP contribution in [-0.4, -0.2) is 14.2 Å². The summed E-state index contributed by atoms with van der Waals surface area (Å²) in [5.74, 6) is 1.55. The van der Waals surface area contributed by atoms with Crippen LogP contribution in [0.3, 0.4) is 0 Å². The van der Waals surface area contributed by atoms with Gasteiger partial charge in [-0.2, -0.15) is 0 Å². The van der Waals surface area contributed by atoms with Crippen molar-refractivity contribution in [1.82, 2.24) is 0 Å². The Morgan fingerprint density at radius 1 is 0.645 bits per heavy atom. The molecule has 4 heteroatoms. The third-order valence-electron chi connectivity index (χ3n) is 5.51. The number of ether oxygens (including phenoxy) is 2. The van der Waals surface area contributed by atoms with Crippen molar-refractivity contribution in [2.24, 2.45) is 0 Å². The highest BCUT2D eigenvalue weighted by Gasteiger charge is 2.15. The standard InChI is InChI=1S/C27H20O4/c1-29-20-11-7-17(8-12-20)19-15-23(18-9-13-21(30-2)14-10-18)26-25(16-19)31-24-6-4-3-5-22(24)27(26)28/h3-16H,1-2H3. The van der Waals surface area contributed by atoms with Crippen LogP contribution in [0, 0.1) is 0 Å². The second-order valence-electron chi connectivity index (χ2n) is 7.28. The fraction of sp³-hybridized carbons (Fsp3) is 0.0741. The van der Waals surface area contributed by atoms with Gasteiger partial charge in [-0.05, 0) is 70.8 Å². The molecule has 5 rings (SSSR count). The molecule has 1 aromatic heterocycles. The maximum Gasteiger partial charge on any atom is 0.201 e. The molecule has 0 fully saturated rings. The molecule has 0 amide bonds. The molecule has 4 aromatic carbocycles. The van der Waals surface area contributed by atoms with E-state index in [1.54, 1.807) is 20.3 Å². The van der Waals surface area contributed by atoms with Crippen molar-refractivity contribution in [3.8, 4) is 33.8 Å². The van der Waals surface area contributed by atoms with Crippen molar-refractivity contribution >= 4 is 21.9 Å². The normalized spacial score (nSPS) is 11.0. The van der Waals surface area contributed by atoms with Crippen molar-refractivity contribution in [1.29, 1.82) is 0 Å². The zero-order valence-electron chi connectivity index (χ0n) is 17.2. The van der Waals surface area contributed by atoms with E-state index in [0.29, 0.717) is 21.9 Å². The fourth-order valence-electron chi connectivity index (χ4n) is 3.87. The Labute approximate surface area is 179 Å². The Morgan fingerprint density at radius 3 is 1.90 bits per heavy atom. The van der Waals surface area contributed by atoms with Crippen LogP contribution >= 0.6 is 0 Å². The molecule has 0 saturated carbocycles. The summed E-state index contributed by atoms with van der Waals surface area (Å²) in [5.41, 5.74) is 4.81. The molecule has 0 unspecified atom stereocenters. The van der Waals surface area contributed by atoms with Crippen LogP contribution in [0.2, 0.25) is 0 Å². The van der Waals surface area contributed by atoms with Crippen LogP contribution in [0.25, 0.3) is 44.2 Å². The second kappa shape index (κ2) is 7.65. The second-order valence-corrected chi connectivity index (χ2v) is 7.28. The van der Waals surface area contributed by atoms with Gasteiger partial charge >= 0.3 is 0 Å². The Kier molecular flexibility index (Phi) is 4.68. The molecule has 5 aromatic rings. The van der Waals surface area contributed by atoms with Crippen LogP contribution in [0.15, 0.2) is 94.1 Å². The number of fused-ring (bicyclic) bond motifs is 2. The average molecular weight is 408 g/mol. The molecule has 0 aliphatic rings. The van der Waals surface area contributed by atoms with E-state index in [0.717, 1.165) is 33.8 Å². The number of rotatable bonds is 4. The van der Waals surface area contributed by atoms with Crippen molar-refractivity contribution < 1.29 is 13.9 Å². The van der Waals surface area contributed by atoms with E-state index in [4.69, 9.17) is 13.9 Å². The lowest BCUT2D eigenvalue weighted by atomic mass is 9.94. The first kappa shape index (κ1) is 18.9. The molecule has 1 heterocycles. The lowest BCUT2D eigenvalue weighted by Crippen LogP contribution is -2.04. The summed E-state index contributed by atoms with van der Waals surface area (Å²) in [6.07, 6.45) is 0. The van der Waals surface area contributed by atoms with Crippen molar-refractivity contribution in [2.75, 3.05) is 14.2 Å². The van der Waals surface area contributed by atoms with Crippen molar-refractivity contribution in [2.45, 2.75) is 0 Å². The number of para-hydroxylation sites is 1. The predicted molar refractivity (Wildman–Crippen MR) is 124 cm³/mol. The van der Waals surface area contributed by atoms with Crippen molar-refractivity contribution in [3.05, 3.63) is 95.2 Å². The molecule has 0 radical (unpaired) electrons. The largest absolute Gasteiger partial charge is 0.497 e. The maximum absolute atomic E-state index is 13.4. The average Bonchev–Trinajstić information content (AvgIpc) is 2.83. The van der Waals surface area contributed by atoms with Gasteiger partial charge in [-0.1, -0.05) is 36.4 Å². The molecular weight excluding hydrogens is 388 g/mol. The third kappa shape index (κ3) is 3.32. The van der Waals surface area contributed by atoms with Gasteiger partial charge in [0, 0.05) is 0 Å². The minimum Gasteiger partial charge on any atom is -0.497 e. The van der Waals surface area contributed by atoms with E-state index >= 15 is 0 Å². The molecule has 152 valence electrons. The van der Waals surface area contributed by atoms with Crippen LogP contribution in [-0.2, 0) is 0 Å². The summed E-state index contributed by atoms with van der Waals surface area (Å²) in [6, 6.07) is 26.8. The van der Waals surface area contributed by atoms with Crippen LogP contribution < -0.4 is 14.9 Å². The minimum absolute atomic E-state index is 0.0380. The molecule has 0 aliphatic carbocycles. The minimum atomic E-state index is -0.0380. The number of benzene rings is 4. The Morgan fingerprint density at radius 2 is 1.26 bits per heavy atom. The lowest BCUT2D eigenvalue weighted by molar-refractivity contribution is 0.415. The van der Waals surface area contributed by atoms with Crippen LogP contribution in [0.1, 0.15) is 0 Å². The summed E-state index contributed by atoms with van der Waals surface area (Å²) < 4.78 is 16.8. The zero-order valence-corrected chi connectivity index (χ0v) is 17.2. The van der Waals surface area contributed by atoms with E-state index in [-0.39, 0.29) is 5.43 Å². The van der Waals surface area contributed by atoms with Gasteiger partial charge in [0.25, 0.3) is 0 Å². The maximum atomic E-state index is 13.4. The molecule has 0 atom stereocenters. The quantitative estimate of drug-likeness (QED) is 0.328. The summed E-state index contributed by atoms with van der Waals surface area (Å²) in [7, 11) is 3.28. The number of hydrogen-bond acceptors (Lipinski definition) is 4. The SMILES string of the molecule is COc1ccc(-c2cc(-c3ccc(OC)cc3)c3c(=O)c4ccccc4oc3c2)cc1. The number of hydrogen-bond donors (Lipinski definition) is 0. The molecule has 0 aliphatic heterocycles. The Balaban J connectivity index is 1.83. The first-order valence-electron chi connectivity index (χ1n) is 9.96. The van der Waals surface area contributed by atoms with E-state index in [2.05, 4.69) is 0 Å². The van der Waals surface area contributed by atoms with Crippen LogP contribution in [0.4, 0.5) is 0 Å². The van der Waals surface area contributed by atoms with Gasteiger partial charge in [0.1, 0.15) is 22.7 Å². The molecule has 4 nitrogen and oxygen atoms in total. The first-order chi connectivity index (χ1) is 15.2. The highest BCUT2D eigenvalue weighted by molar-refractivity contribution is 6.01. The molecular formula is C27H20O4. The summed E-state index contributed by atoms with van der Waals surface area (Å²) in [5, 5.41) is 1.14. The van der Waals surface area contributed by atoms with Gasteiger partial charge in [-0.3, -0.25) is 4.79 Å². The Bertz CT molecular complexity index is 1450. The van der Waals surface area contributed by atoms with Crippen molar-refractivity contribution in [3.63, 3.8) is 0 Å². The Hall–Kier alpha value is -4.05. The van der Waals surface area contributed by atoms with Gasteiger partial charge in [0.15, 0.2) is 0 Å². The monoisotopic (exact) mass is 408 g/mol. The topological polar surface area (TPSA) is 48.7 Å². The number of methoxy groups -OCH3 is 2. The zero-order chi connectivity index (χ0) is 21.4. The molecule has 0 bridgehead atoms. The highest BCUT2D eigenvalue weighted by atomic mass is 16.5. The molecule has 0 saturated heterocycles. The third-order valence-corrected chi connectivity index (χ3v) is 5.51. The summed E-state index contributed by atoms with van der Waals surface area (Å²) in [4.78, 5) is 13.4. The van der Waals surface area contributed by atoms with Gasteiger partial charge in [0.2, 0.25) is 5.43 Å². The summed E-state index contributed by atoms with van der Waals surface area (Å²) >= 11 is 0. The molecule has 0 N–H and O–H groups in total. The smallest absolute Gasteiger partial charge is 0.201 e. The van der Waals surface area contributed by atoms with E-state index in [1.165, 1.54) is 0 Å². The van der Waals surface area contributed by atoms with E-state index in [1.807, 2.05) is 78.9 Å². The highest BCUT2D eigenvalue weighted by Crippen LogP contribution is 2.35. The predicted octanol–water partition coefficient (Wildman–Crippen LogP) is 6.30. The molecule has 31 heavy (non-hydrogen) atoms. The first-order valence-corrected chi connectivity index (χ1v) is 9.96. The van der Waals surface area contributed by atoms with E-state index < -0.39 is 0 Å². The molecule has 0 spiro atoms. The van der Waals surface area contributed by atoms with Gasteiger partial charge in [-0.25, -0.2) is 0 Å². The van der Waals surface area contributed by atoms with Crippen LogP contribution in [0.5, 0.6) is 11.5 Å². The van der Waals surface area contributed by atoms with Gasteiger partial charge in [-0.15, -0.1) is 0 Å². The van der Waals surface area contributed by atoms with Gasteiger partial charge in [0.05, 0.1) is 25.0 Å². The van der Waals surface area contributed by atoms with E-state index in [9.17, 15) is 4.79 Å². The lowest BCUT2D eigenvalue weighted by Gasteiger charge is -2.12. The summed E-state index contributed by atoms with van der Waals surface area (Å²) in [6.45, 7) is 0.